The molecule has 0 spiro atoms. The fourth-order valence-corrected chi connectivity index (χ4v) is 4.45. The molecule has 0 fully saturated rings. The van der Waals surface area contributed by atoms with Crippen molar-refractivity contribution >= 4 is 49.9 Å². The second kappa shape index (κ2) is 9.40. The minimum atomic E-state index is -3.67. The lowest BCUT2D eigenvalue weighted by Gasteiger charge is -2.19. The van der Waals surface area contributed by atoms with Crippen LogP contribution in [0, 0.1) is 3.57 Å². The second-order valence-electron chi connectivity index (χ2n) is 6.48. The van der Waals surface area contributed by atoms with Crippen molar-refractivity contribution in [1.29, 1.82) is 0 Å². The fraction of sp³-hybridized carbons (Fsp3) is 0.0909. The van der Waals surface area contributed by atoms with Gasteiger partial charge in [0.1, 0.15) is 0 Å². The number of rotatable bonds is 6. The number of carbonyl (C=O) groups is 1. The monoisotopic (exact) mass is 533 g/mol. The number of hydrogen-bond acceptors (Lipinski definition) is 4. The highest BCUT2D eigenvalue weighted by Crippen LogP contribution is 2.22. The van der Waals surface area contributed by atoms with Crippen molar-refractivity contribution in [3.05, 3.63) is 93.6 Å². The van der Waals surface area contributed by atoms with Crippen molar-refractivity contribution in [2.45, 2.75) is 11.8 Å². The predicted molar refractivity (Wildman–Crippen MR) is 127 cm³/mol. The van der Waals surface area contributed by atoms with Gasteiger partial charge in [-0.15, -0.1) is 0 Å². The molecule has 6 nitrogen and oxygen atoms in total. The number of benzene rings is 3. The van der Waals surface area contributed by atoms with Crippen LogP contribution in [0.5, 0.6) is 0 Å². The van der Waals surface area contributed by atoms with Crippen LogP contribution in [0.2, 0.25) is 0 Å². The van der Waals surface area contributed by atoms with Crippen LogP contribution in [0.15, 0.2) is 88.9 Å². The van der Waals surface area contributed by atoms with Gasteiger partial charge in [-0.05, 0) is 83.6 Å². The topological polar surface area (TPSA) is 78.8 Å². The number of halogens is 1. The van der Waals surface area contributed by atoms with Crippen LogP contribution < -0.4 is 9.73 Å². The number of anilines is 1. The molecule has 8 heteroatoms. The van der Waals surface area contributed by atoms with Crippen LogP contribution in [-0.4, -0.2) is 27.1 Å². The van der Waals surface area contributed by atoms with E-state index in [9.17, 15) is 13.2 Å². The Hall–Kier alpha value is -2.72. The molecular weight excluding hydrogens is 513 g/mol. The summed E-state index contributed by atoms with van der Waals surface area (Å²) in [4.78, 5) is 12.6. The van der Waals surface area contributed by atoms with E-state index in [-0.39, 0.29) is 10.8 Å². The molecule has 0 saturated carbocycles. The lowest BCUT2D eigenvalue weighted by molar-refractivity contribution is 0.0955. The summed E-state index contributed by atoms with van der Waals surface area (Å²) in [6.07, 6.45) is 0. The highest BCUT2D eigenvalue weighted by atomic mass is 127. The molecule has 0 aliphatic rings. The molecule has 30 heavy (non-hydrogen) atoms. The van der Waals surface area contributed by atoms with Crippen LogP contribution in [0.25, 0.3) is 0 Å². The highest BCUT2D eigenvalue weighted by molar-refractivity contribution is 14.1. The van der Waals surface area contributed by atoms with Crippen LogP contribution in [0.4, 0.5) is 5.69 Å². The van der Waals surface area contributed by atoms with Gasteiger partial charge in [-0.25, -0.2) is 13.8 Å². The van der Waals surface area contributed by atoms with Gasteiger partial charge < -0.3 is 0 Å². The number of carbonyl (C=O) groups excluding carboxylic acids is 1. The van der Waals surface area contributed by atoms with Crippen LogP contribution in [0.3, 0.4) is 0 Å². The van der Waals surface area contributed by atoms with E-state index in [1.54, 1.807) is 54.6 Å². The van der Waals surface area contributed by atoms with E-state index < -0.39 is 10.0 Å². The molecular formula is C22H20IN3O3S. The number of hydrogen-bond donors (Lipinski definition) is 1. The van der Waals surface area contributed by atoms with Crippen molar-refractivity contribution in [2.24, 2.45) is 5.10 Å². The zero-order chi connectivity index (χ0) is 21.7. The van der Waals surface area contributed by atoms with Gasteiger partial charge >= 0.3 is 0 Å². The van der Waals surface area contributed by atoms with Crippen LogP contribution >= 0.6 is 22.6 Å². The number of hydrazone groups is 1. The number of nitrogens with zero attached hydrogens (tertiary/aromatic N) is 2. The average molecular weight is 533 g/mol. The zero-order valence-corrected chi connectivity index (χ0v) is 19.4. The first-order chi connectivity index (χ1) is 14.3. The molecule has 1 amide bonds. The third-order valence-corrected chi connectivity index (χ3v) is 6.93. The van der Waals surface area contributed by atoms with Crippen LogP contribution in [0.1, 0.15) is 22.8 Å². The first-order valence-corrected chi connectivity index (χ1v) is 11.6. The quantitative estimate of drug-likeness (QED) is 0.292. The molecule has 3 aromatic rings. The van der Waals surface area contributed by atoms with Crippen LogP contribution in [-0.2, 0) is 10.0 Å². The third kappa shape index (κ3) is 5.06. The minimum absolute atomic E-state index is 0.203. The molecule has 3 aromatic carbocycles. The summed E-state index contributed by atoms with van der Waals surface area (Å²) in [6.45, 7) is 1.82. The van der Waals surface area contributed by atoms with Crippen molar-refractivity contribution in [1.82, 2.24) is 5.43 Å². The lowest BCUT2D eigenvalue weighted by Crippen LogP contribution is -2.26. The Morgan fingerprint density at radius 2 is 1.60 bits per heavy atom. The zero-order valence-electron chi connectivity index (χ0n) is 16.4. The fourth-order valence-electron chi connectivity index (χ4n) is 2.69. The van der Waals surface area contributed by atoms with Gasteiger partial charge in [-0.1, -0.05) is 30.3 Å². The predicted octanol–water partition coefficient (Wildman–Crippen LogP) is 4.27. The lowest BCUT2D eigenvalue weighted by atomic mass is 10.1. The Morgan fingerprint density at radius 1 is 0.933 bits per heavy atom. The maximum atomic E-state index is 12.7. The van der Waals surface area contributed by atoms with E-state index >= 15 is 0 Å². The molecule has 0 bridgehead atoms. The maximum Gasteiger partial charge on any atom is 0.271 e. The van der Waals surface area contributed by atoms with Crippen molar-refractivity contribution < 1.29 is 13.2 Å². The molecule has 0 atom stereocenters. The average Bonchev–Trinajstić information content (AvgIpc) is 2.77. The van der Waals surface area contributed by atoms with E-state index in [1.807, 2.05) is 31.2 Å². The first kappa shape index (κ1) is 22.0. The van der Waals surface area contributed by atoms with E-state index in [1.165, 1.54) is 11.4 Å². The Kier molecular flexibility index (Phi) is 6.88. The highest BCUT2D eigenvalue weighted by Gasteiger charge is 2.21. The number of sulfonamides is 1. The summed E-state index contributed by atoms with van der Waals surface area (Å²) in [5.74, 6) is -0.375. The summed E-state index contributed by atoms with van der Waals surface area (Å²) in [5, 5.41) is 4.16. The minimum Gasteiger partial charge on any atom is -0.269 e. The molecule has 0 unspecified atom stereocenters. The molecule has 154 valence electrons. The van der Waals surface area contributed by atoms with Gasteiger partial charge in [0.05, 0.1) is 16.3 Å². The summed E-state index contributed by atoms with van der Waals surface area (Å²) >= 11 is 2.22. The van der Waals surface area contributed by atoms with Gasteiger partial charge in [0, 0.05) is 16.2 Å². The maximum absolute atomic E-state index is 12.7. The molecule has 0 heterocycles. The third-order valence-electron chi connectivity index (χ3n) is 4.46. The van der Waals surface area contributed by atoms with Gasteiger partial charge in [0.25, 0.3) is 15.9 Å². The molecule has 0 aliphatic carbocycles. The molecule has 0 aromatic heterocycles. The van der Waals surface area contributed by atoms with E-state index in [0.717, 1.165) is 9.13 Å². The summed E-state index contributed by atoms with van der Waals surface area (Å²) in [5.41, 5.74) is 4.98. The Labute approximate surface area is 189 Å². The Morgan fingerprint density at radius 3 is 2.23 bits per heavy atom. The van der Waals surface area contributed by atoms with Crippen molar-refractivity contribution in [3.8, 4) is 0 Å². The standard InChI is InChI=1S/C22H20IN3O3S/c1-16(18-7-6-8-19(23)15-18)24-25-22(27)17-11-13-20(14-12-17)26(2)30(28,29)21-9-4-3-5-10-21/h3-15H,1-2H3,(H,25,27)/b24-16-. The summed E-state index contributed by atoms with van der Waals surface area (Å²) in [6, 6.07) is 22.3. The largest absolute Gasteiger partial charge is 0.271 e. The summed E-state index contributed by atoms with van der Waals surface area (Å²) in [7, 11) is -2.19. The second-order valence-corrected chi connectivity index (χ2v) is 9.70. The van der Waals surface area contributed by atoms with Gasteiger partial charge in [-0.2, -0.15) is 5.10 Å². The normalized spacial score (nSPS) is 11.8. The van der Waals surface area contributed by atoms with Crippen molar-refractivity contribution in [3.63, 3.8) is 0 Å². The van der Waals surface area contributed by atoms with Gasteiger partial charge in [0.15, 0.2) is 0 Å². The van der Waals surface area contributed by atoms with Gasteiger partial charge in [0.2, 0.25) is 0 Å². The van der Waals surface area contributed by atoms with E-state index in [4.69, 9.17) is 0 Å². The molecule has 0 aliphatic heterocycles. The molecule has 1 N–H and O–H groups in total. The van der Waals surface area contributed by atoms with Gasteiger partial charge in [-0.3, -0.25) is 9.10 Å². The number of nitrogens with one attached hydrogen (secondary N) is 1. The van der Waals surface area contributed by atoms with E-state index in [2.05, 4.69) is 33.1 Å². The Balaban J connectivity index is 1.72. The molecule has 3 rings (SSSR count). The SMILES string of the molecule is C/C(=N/NC(=O)c1ccc(N(C)S(=O)(=O)c2ccccc2)cc1)c1cccc(I)c1. The molecule has 0 radical (unpaired) electrons. The number of amides is 1. The van der Waals surface area contributed by atoms with E-state index in [0.29, 0.717) is 17.0 Å². The smallest absolute Gasteiger partial charge is 0.269 e. The Bertz CT molecular complexity index is 1180. The first-order valence-electron chi connectivity index (χ1n) is 9.03. The van der Waals surface area contributed by atoms with Crippen molar-refractivity contribution in [2.75, 3.05) is 11.4 Å². The summed E-state index contributed by atoms with van der Waals surface area (Å²) < 4.78 is 27.7. The molecule has 0 saturated heterocycles.